The largest absolute Gasteiger partial charge is 0.872 e. The summed E-state index contributed by atoms with van der Waals surface area (Å²) in [6, 6.07) is 8.84. The van der Waals surface area contributed by atoms with E-state index in [-0.39, 0.29) is 16.8 Å². The predicted molar refractivity (Wildman–Crippen MR) is 70.6 cm³/mol. The van der Waals surface area contributed by atoms with E-state index >= 15 is 0 Å². The number of carboxylic acids is 1. The van der Waals surface area contributed by atoms with Crippen LogP contribution in [0.5, 0.6) is 5.75 Å². The fourth-order valence-corrected chi connectivity index (χ4v) is 1.58. The topological polar surface area (TPSA) is 119 Å². The summed E-state index contributed by atoms with van der Waals surface area (Å²) in [7, 11) is 0. The Balaban J connectivity index is 2.26. The maximum Gasteiger partial charge on any atom is 0.270 e. The van der Waals surface area contributed by atoms with Crippen molar-refractivity contribution in [3.8, 4) is 5.75 Å². The molecular formula is C14H8N2O5-2. The molecule has 0 aliphatic rings. The predicted octanol–water partition coefficient (Wildman–Crippen LogP) is 0.782. The average molecular weight is 284 g/mol. The maximum atomic E-state index is 11.6. The molecule has 0 saturated heterocycles. The van der Waals surface area contributed by atoms with Crippen LogP contribution in [0.3, 0.4) is 0 Å². The fraction of sp³-hybridized carbons (Fsp3) is 0. The Hall–Kier alpha value is -3.22. The molecule has 0 atom stereocenters. The van der Waals surface area contributed by atoms with Gasteiger partial charge in [0.25, 0.3) is 5.69 Å². The SMILES string of the molecule is O=C([O-])c1ccc(N=Cc2cc([N+](=O)[O-])ccc2[O-])cc1. The fourth-order valence-electron chi connectivity index (χ4n) is 1.58. The molecule has 0 amide bonds. The zero-order valence-electron chi connectivity index (χ0n) is 10.6. The molecule has 0 spiro atoms. The van der Waals surface area contributed by atoms with Crippen LogP contribution >= 0.6 is 0 Å². The molecule has 0 bridgehead atoms. The molecule has 2 rings (SSSR count). The van der Waals surface area contributed by atoms with E-state index in [2.05, 4.69) is 4.99 Å². The third kappa shape index (κ3) is 3.41. The molecule has 7 nitrogen and oxygen atoms in total. The number of hydrogen-bond acceptors (Lipinski definition) is 6. The van der Waals surface area contributed by atoms with E-state index in [9.17, 15) is 25.1 Å². The molecule has 0 fully saturated rings. The molecule has 0 saturated carbocycles. The lowest BCUT2D eigenvalue weighted by Gasteiger charge is -2.08. The van der Waals surface area contributed by atoms with Crippen molar-refractivity contribution >= 4 is 23.6 Å². The summed E-state index contributed by atoms with van der Waals surface area (Å²) < 4.78 is 0. The molecule has 0 radical (unpaired) electrons. The van der Waals surface area contributed by atoms with Crippen LogP contribution in [0.15, 0.2) is 47.5 Å². The van der Waals surface area contributed by atoms with E-state index in [0.717, 1.165) is 18.2 Å². The number of nitrogens with zero attached hydrogens (tertiary/aromatic N) is 2. The van der Waals surface area contributed by atoms with Crippen LogP contribution in [-0.2, 0) is 0 Å². The molecule has 7 heteroatoms. The summed E-state index contributed by atoms with van der Waals surface area (Å²) in [5.41, 5.74) is 0.288. The Kier molecular flexibility index (Phi) is 3.94. The number of hydrogen-bond donors (Lipinski definition) is 0. The van der Waals surface area contributed by atoms with Crippen molar-refractivity contribution in [3.05, 3.63) is 63.7 Å². The number of nitro benzene ring substituents is 1. The van der Waals surface area contributed by atoms with Gasteiger partial charge in [-0.25, -0.2) is 0 Å². The number of aliphatic imine (C=N–C) groups is 1. The molecule has 0 N–H and O–H groups in total. The summed E-state index contributed by atoms with van der Waals surface area (Å²) >= 11 is 0. The van der Waals surface area contributed by atoms with Crippen molar-refractivity contribution in [2.45, 2.75) is 0 Å². The van der Waals surface area contributed by atoms with Gasteiger partial charge in [-0.05, 0) is 23.3 Å². The minimum Gasteiger partial charge on any atom is -0.872 e. The van der Waals surface area contributed by atoms with E-state index in [1.54, 1.807) is 0 Å². The molecular weight excluding hydrogens is 276 g/mol. The number of carbonyl (C=O) groups is 1. The number of carboxylic acid groups (broad SMARTS) is 1. The van der Waals surface area contributed by atoms with Gasteiger partial charge in [0.2, 0.25) is 0 Å². The number of rotatable bonds is 4. The van der Waals surface area contributed by atoms with Gasteiger partial charge in [0.15, 0.2) is 0 Å². The lowest BCUT2D eigenvalue weighted by Crippen LogP contribution is -2.21. The zero-order valence-corrected chi connectivity index (χ0v) is 10.6. The van der Waals surface area contributed by atoms with Crippen LogP contribution in [0, 0.1) is 10.1 Å². The molecule has 0 heterocycles. The minimum atomic E-state index is -1.30. The van der Waals surface area contributed by atoms with Gasteiger partial charge in [0, 0.05) is 18.3 Å². The summed E-state index contributed by atoms with van der Waals surface area (Å²) in [4.78, 5) is 24.6. The monoisotopic (exact) mass is 284 g/mol. The highest BCUT2D eigenvalue weighted by Crippen LogP contribution is 2.20. The summed E-state index contributed by atoms with van der Waals surface area (Å²) in [6.45, 7) is 0. The van der Waals surface area contributed by atoms with Crippen LogP contribution in [0.2, 0.25) is 0 Å². The number of carbonyl (C=O) groups excluding carboxylic acids is 1. The lowest BCUT2D eigenvalue weighted by molar-refractivity contribution is -0.385. The number of nitro groups is 1. The van der Waals surface area contributed by atoms with Crippen LogP contribution in [0.1, 0.15) is 15.9 Å². The van der Waals surface area contributed by atoms with Gasteiger partial charge in [-0.1, -0.05) is 23.9 Å². The van der Waals surface area contributed by atoms with Gasteiger partial charge in [-0.3, -0.25) is 15.1 Å². The Morgan fingerprint density at radius 3 is 2.38 bits per heavy atom. The molecule has 2 aromatic rings. The molecule has 0 unspecified atom stereocenters. The molecule has 0 aliphatic carbocycles. The first-order chi connectivity index (χ1) is 9.97. The maximum absolute atomic E-state index is 11.6. The van der Waals surface area contributed by atoms with Crippen molar-refractivity contribution in [2.75, 3.05) is 0 Å². The first kappa shape index (κ1) is 14.2. The van der Waals surface area contributed by atoms with Crippen LogP contribution in [-0.4, -0.2) is 17.1 Å². The summed E-state index contributed by atoms with van der Waals surface area (Å²) in [5.74, 6) is -1.69. The average Bonchev–Trinajstić information content (AvgIpc) is 2.46. The van der Waals surface area contributed by atoms with Gasteiger partial charge >= 0.3 is 0 Å². The van der Waals surface area contributed by atoms with E-state index < -0.39 is 16.6 Å². The number of benzene rings is 2. The van der Waals surface area contributed by atoms with Gasteiger partial charge in [0.1, 0.15) is 0 Å². The highest BCUT2D eigenvalue weighted by Gasteiger charge is 2.05. The first-order valence-electron chi connectivity index (χ1n) is 5.78. The zero-order chi connectivity index (χ0) is 15.4. The molecule has 106 valence electrons. The number of non-ortho nitro benzene ring substituents is 1. The van der Waals surface area contributed by atoms with Gasteiger partial charge < -0.3 is 15.0 Å². The smallest absolute Gasteiger partial charge is 0.270 e. The highest BCUT2D eigenvalue weighted by atomic mass is 16.6. The van der Waals surface area contributed by atoms with Crippen molar-refractivity contribution < 1.29 is 19.9 Å². The standard InChI is InChI=1S/C14H10N2O5/c17-13-6-5-12(16(20)21)7-10(13)8-15-11-3-1-9(2-4-11)14(18)19/h1-8,17H,(H,18,19)/p-2. The van der Waals surface area contributed by atoms with Crippen molar-refractivity contribution in [3.63, 3.8) is 0 Å². The number of aromatic carboxylic acids is 1. The third-order valence-corrected chi connectivity index (χ3v) is 2.66. The first-order valence-corrected chi connectivity index (χ1v) is 5.78. The third-order valence-electron chi connectivity index (χ3n) is 2.66. The van der Waals surface area contributed by atoms with Gasteiger partial charge in [-0.15, -0.1) is 0 Å². The molecule has 2 aromatic carbocycles. The quantitative estimate of drug-likeness (QED) is 0.467. The second-order valence-electron chi connectivity index (χ2n) is 4.07. The molecule has 0 aromatic heterocycles. The lowest BCUT2D eigenvalue weighted by atomic mass is 10.2. The minimum absolute atomic E-state index is 0.00816. The van der Waals surface area contributed by atoms with E-state index in [1.807, 2.05) is 0 Å². The summed E-state index contributed by atoms with van der Waals surface area (Å²) in [5, 5.41) is 32.8. The van der Waals surface area contributed by atoms with E-state index in [0.29, 0.717) is 5.69 Å². The summed E-state index contributed by atoms with van der Waals surface area (Å²) in [6.07, 6.45) is 1.20. The molecule has 21 heavy (non-hydrogen) atoms. The van der Waals surface area contributed by atoms with Crippen molar-refractivity contribution in [1.82, 2.24) is 0 Å². The van der Waals surface area contributed by atoms with Crippen LogP contribution < -0.4 is 10.2 Å². The van der Waals surface area contributed by atoms with Crippen molar-refractivity contribution in [1.29, 1.82) is 0 Å². The molecule has 0 aliphatic heterocycles. The van der Waals surface area contributed by atoms with Crippen molar-refractivity contribution in [2.24, 2.45) is 4.99 Å². The Morgan fingerprint density at radius 1 is 1.14 bits per heavy atom. The van der Waals surface area contributed by atoms with E-state index in [1.165, 1.54) is 30.5 Å². The second kappa shape index (κ2) is 5.83. The Morgan fingerprint density at radius 2 is 1.81 bits per heavy atom. The van der Waals surface area contributed by atoms with Gasteiger partial charge in [-0.2, -0.15) is 0 Å². The van der Waals surface area contributed by atoms with E-state index in [4.69, 9.17) is 0 Å². The second-order valence-corrected chi connectivity index (χ2v) is 4.07. The van der Waals surface area contributed by atoms with Gasteiger partial charge in [0.05, 0.1) is 16.6 Å². The van der Waals surface area contributed by atoms with Crippen LogP contribution in [0.4, 0.5) is 11.4 Å². The van der Waals surface area contributed by atoms with Crippen LogP contribution in [0.25, 0.3) is 0 Å². The Bertz CT molecular complexity index is 723. The highest BCUT2D eigenvalue weighted by molar-refractivity contribution is 5.88. The Labute approximate surface area is 119 Å². The normalized spacial score (nSPS) is 10.7.